The fourth-order valence-corrected chi connectivity index (χ4v) is 3.45. The van der Waals surface area contributed by atoms with E-state index in [1.807, 2.05) is 11.8 Å². The van der Waals surface area contributed by atoms with Crippen molar-refractivity contribution in [2.45, 2.75) is 30.9 Å². The van der Waals surface area contributed by atoms with E-state index in [1.165, 1.54) is 30.8 Å². The zero-order valence-electron chi connectivity index (χ0n) is 6.85. The van der Waals surface area contributed by atoms with E-state index in [9.17, 15) is 0 Å². The third-order valence-electron chi connectivity index (χ3n) is 2.14. The summed E-state index contributed by atoms with van der Waals surface area (Å²) in [4.78, 5) is 0. The van der Waals surface area contributed by atoms with Crippen molar-refractivity contribution in [3.05, 3.63) is 0 Å². The summed E-state index contributed by atoms with van der Waals surface area (Å²) in [6.45, 7) is 2.42. The zero-order chi connectivity index (χ0) is 7.45. The standard InChI is InChI=1S/C8H16S2/c1-8(5-7-9-2)4-3-6-10-8/h3-7H2,1-2H3. The molecule has 1 unspecified atom stereocenters. The molecule has 1 atom stereocenters. The first kappa shape index (κ1) is 8.79. The molecule has 0 aromatic carbocycles. The molecule has 1 fully saturated rings. The van der Waals surface area contributed by atoms with Crippen molar-refractivity contribution in [1.82, 2.24) is 0 Å². The van der Waals surface area contributed by atoms with Gasteiger partial charge in [0.25, 0.3) is 0 Å². The second-order valence-electron chi connectivity index (χ2n) is 3.14. The van der Waals surface area contributed by atoms with E-state index in [2.05, 4.69) is 24.9 Å². The number of hydrogen-bond acceptors (Lipinski definition) is 2. The Hall–Kier alpha value is 0.700. The van der Waals surface area contributed by atoms with Gasteiger partial charge in [0.15, 0.2) is 0 Å². The molecule has 1 aliphatic rings. The molecule has 0 N–H and O–H groups in total. The van der Waals surface area contributed by atoms with Crippen LogP contribution in [0.1, 0.15) is 26.2 Å². The van der Waals surface area contributed by atoms with E-state index in [-0.39, 0.29) is 0 Å². The zero-order valence-corrected chi connectivity index (χ0v) is 8.49. The maximum absolute atomic E-state index is 2.42. The van der Waals surface area contributed by atoms with E-state index in [4.69, 9.17) is 0 Å². The van der Waals surface area contributed by atoms with Gasteiger partial charge in [-0.3, -0.25) is 0 Å². The van der Waals surface area contributed by atoms with Crippen LogP contribution in [0.3, 0.4) is 0 Å². The lowest BCUT2D eigenvalue weighted by molar-refractivity contribution is 0.594. The van der Waals surface area contributed by atoms with Gasteiger partial charge >= 0.3 is 0 Å². The summed E-state index contributed by atoms with van der Waals surface area (Å²) in [7, 11) is 0. The number of hydrogen-bond donors (Lipinski definition) is 0. The summed E-state index contributed by atoms with van der Waals surface area (Å²) in [6, 6.07) is 0. The Morgan fingerprint density at radius 3 is 2.90 bits per heavy atom. The molecule has 1 aliphatic heterocycles. The maximum atomic E-state index is 2.42. The van der Waals surface area contributed by atoms with E-state index in [0.29, 0.717) is 4.75 Å². The first-order chi connectivity index (χ1) is 4.77. The molecule has 2 heteroatoms. The van der Waals surface area contributed by atoms with E-state index in [0.717, 1.165) is 0 Å². The van der Waals surface area contributed by atoms with Gasteiger partial charge in [0.2, 0.25) is 0 Å². The molecule has 1 heterocycles. The Morgan fingerprint density at radius 2 is 2.40 bits per heavy atom. The molecule has 0 aliphatic carbocycles. The summed E-state index contributed by atoms with van der Waals surface area (Å²) in [5.41, 5.74) is 0. The molecular weight excluding hydrogens is 160 g/mol. The van der Waals surface area contributed by atoms with E-state index < -0.39 is 0 Å². The van der Waals surface area contributed by atoms with Gasteiger partial charge in [-0.25, -0.2) is 0 Å². The van der Waals surface area contributed by atoms with Gasteiger partial charge < -0.3 is 0 Å². The van der Waals surface area contributed by atoms with Crippen LogP contribution in [-0.2, 0) is 0 Å². The van der Waals surface area contributed by atoms with Crippen LogP contribution in [0.4, 0.5) is 0 Å². The average Bonchev–Trinajstić information content (AvgIpc) is 2.33. The van der Waals surface area contributed by atoms with Crippen molar-refractivity contribution in [1.29, 1.82) is 0 Å². The molecule has 0 amide bonds. The van der Waals surface area contributed by atoms with Crippen LogP contribution in [0.15, 0.2) is 0 Å². The highest BCUT2D eigenvalue weighted by Crippen LogP contribution is 2.40. The topological polar surface area (TPSA) is 0 Å². The normalized spacial score (nSPS) is 33.0. The first-order valence-electron chi connectivity index (χ1n) is 3.90. The largest absolute Gasteiger partial charge is 0.165 e. The lowest BCUT2D eigenvalue weighted by Gasteiger charge is -2.21. The quantitative estimate of drug-likeness (QED) is 0.648. The summed E-state index contributed by atoms with van der Waals surface area (Å²) in [6.07, 6.45) is 6.48. The minimum Gasteiger partial charge on any atom is -0.165 e. The number of rotatable bonds is 3. The highest BCUT2D eigenvalue weighted by Gasteiger charge is 2.28. The third kappa shape index (κ3) is 2.39. The second kappa shape index (κ2) is 3.91. The molecule has 0 radical (unpaired) electrons. The van der Waals surface area contributed by atoms with Crippen LogP contribution in [0.2, 0.25) is 0 Å². The Balaban J connectivity index is 2.22. The predicted octanol–water partition coefficient (Wildman–Crippen LogP) is 3.03. The van der Waals surface area contributed by atoms with Crippen LogP contribution in [0.25, 0.3) is 0 Å². The van der Waals surface area contributed by atoms with Gasteiger partial charge in [-0.2, -0.15) is 23.5 Å². The van der Waals surface area contributed by atoms with Crippen LogP contribution >= 0.6 is 23.5 Å². The molecule has 0 aromatic rings. The minimum atomic E-state index is 0.642. The first-order valence-corrected chi connectivity index (χ1v) is 6.28. The molecule has 60 valence electrons. The van der Waals surface area contributed by atoms with Crippen molar-refractivity contribution >= 4 is 23.5 Å². The molecule has 1 rings (SSSR count). The molecular formula is C8H16S2. The van der Waals surface area contributed by atoms with Gasteiger partial charge in [-0.1, -0.05) is 6.92 Å². The van der Waals surface area contributed by atoms with Crippen molar-refractivity contribution in [3.63, 3.8) is 0 Å². The van der Waals surface area contributed by atoms with Crippen molar-refractivity contribution in [3.8, 4) is 0 Å². The summed E-state index contributed by atoms with van der Waals surface area (Å²) < 4.78 is 0.642. The molecule has 0 bridgehead atoms. The van der Waals surface area contributed by atoms with Crippen LogP contribution in [0.5, 0.6) is 0 Å². The highest BCUT2D eigenvalue weighted by molar-refractivity contribution is 8.01. The SMILES string of the molecule is CSCCC1(C)CCCS1. The fraction of sp³-hybridized carbons (Fsp3) is 1.00. The lowest BCUT2D eigenvalue weighted by atomic mass is 10.0. The molecule has 10 heavy (non-hydrogen) atoms. The number of thioether (sulfide) groups is 2. The van der Waals surface area contributed by atoms with Gasteiger partial charge in [0, 0.05) is 4.75 Å². The molecule has 0 aromatic heterocycles. The summed E-state index contributed by atoms with van der Waals surface area (Å²) >= 11 is 4.14. The second-order valence-corrected chi connectivity index (χ2v) is 5.81. The summed E-state index contributed by atoms with van der Waals surface area (Å²) in [5, 5.41) is 0. The smallest absolute Gasteiger partial charge is 0.0140 e. The van der Waals surface area contributed by atoms with Crippen LogP contribution < -0.4 is 0 Å². The predicted molar refractivity (Wildman–Crippen MR) is 53.1 cm³/mol. The van der Waals surface area contributed by atoms with Crippen molar-refractivity contribution < 1.29 is 0 Å². The van der Waals surface area contributed by atoms with E-state index >= 15 is 0 Å². The minimum absolute atomic E-state index is 0.642. The average molecular weight is 176 g/mol. The van der Waals surface area contributed by atoms with Gasteiger partial charge in [0.1, 0.15) is 0 Å². The Morgan fingerprint density at radius 1 is 1.60 bits per heavy atom. The monoisotopic (exact) mass is 176 g/mol. The summed E-state index contributed by atoms with van der Waals surface area (Å²) in [5.74, 6) is 2.73. The molecule has 1 saturated heterocycles. The lowest BCUT2D eigenvalue weighted by Crippen LogP contribution is -2.16. The van der Waals surface area contributed by atoms with Crippen molar-refractivity contribution in [2.24, 2.45) is 0 Å². The van der Waals surface area contributed by atoms with Crippen LogP contribution in [0, 0.1) is 0 Å². The Labute approximate surface area is 72.5 Å². The Kier molecular flexibility index (Phi) is 3.44. The van der Waals surface area contributed by atoms with Gasteiger partial charge in [-0.05, 0) is 37.0 Å². The fourth-order valence-electron chi connectivity index (χ4n) is 1.35. The Bertz CT molecular complexity index is 95.4. The molecule has 0 nitrogen and oxygen atoms in total. The van der Waals surface area contributed by atoms with Crippen LogP contribution in [-0.4, -0.2) is 22.5 Å². The maximum Gasteiger partial charge on any atom is 0.0140 e. The van der Waals surface area contributed by atoms with Gasteiger partial charge in [0.05, 0.1) is 0 Å². The molecule has 0 spiro atoms. The van der Waals surface area contributed by atoms with Gasteiger partial charge in [-0.15, -0.1) is 0 Å². The van der Waals surface area contributed by atoms with E-state index in [1.54, 1.807) is 0 Å². The third-order valence-corrected chi connectivity index (χ3v) is 4.35. The highest BCUT2D eigenvalue weighted by atomic mass is 32.2. The van der Waals surface area contributed by atoms with Crippen molar-refractivity contribution in [2.75, 3.05) is 17.8 Å². The molecule has 0 saturated carbocycles.